The van der Waals surface area contributed by atoms with Gasteiger partial charge in [0.05, 0.1) is 5.56 Å². The van der Waals surface area contributed by atoms with Crippen molar-refractivity contribution >= 4 is 15.9 Å². The van der Waals surface area contributed by atoms with Crippen LogP contribution >= 0.6 is 0 Å². The SMILES string of the molecule is Cc1cc(C(=O)NNS(=O)(=O)c2ccc(F)c(F)c2F)c(C)o1. The van der Waals surface area contributed by atoms with E-state index in [4.69, 9.17) is 4.42 Å². The summed E-state index contributed by atoms with van der Waals surface area (Å²) in [7, 11) is -4.63. The highest BCUT2D eigenvalue weighted by Gasteiger charge is 2.25. The van der Waals surface area contributed by atoms with Gasteiger partial charge in [0.25, 0.3) is 15.9 Å². The van der Waals surface area contributed by atoms with Crippen molar-refractivity contribution in [3.05, 3.63) is 52.7 Å². The first kappa shape index (κ1) is 17.0. The number of carbonyl (C=O) groups excluding carboxylic acids is 1. The van der Waals surface area contributed by atoms with Crippen molar-refractivity contribution in [2.45, 2.75) is 18.7 Å². The number of benzene rings is 1. The molecule has 0 spiro atoms. The Labute approximate surface area is 129 Å². The third-order valence-corrected chi connectivity index (χ3v) is 4.14. The number of carbonyl (C=O) groups is 1. The quantitative estimate of drug-likeness (QED) is 0.653. The van der Waals surface area contributed by atoms with E-state index in [1.165, 1.54) is 13.0 Å². The molecule has 10 heteroatoms. The van der Waals surface area contributed by atoms with Crippen LogP contribution in [0.15, 0.2) is 27.5 Å². The Morgan fingerprint density at radius 2 is 1.78 bits per heavy atom. The van der Waals surface area contributed by atoms with Gasteiger partial charge in [-0.3, -0.25) is 10.2 Å². The molecule has 0 atom stereocenters. The van der Waals surface area contributed by atoms with E-state index in [2.05, 4.69) is 0 Å². The number of nitrogens with one attached hydrogen (secondary N) is 2. The van der Waals surface area contributed by atoms with E-state index < -0.39 is 38.3 Å². The lowest BCUT2D eigenvalue weighted by atomic mass is 10.2. The molecule has 0 fully saturated rings. The monoisotopic (exact) mass is 348 g/mol. The fourth-order valence-electron chi connectivity index (χ4n) is 1.81. The van der Waals surface area contributed by atoms with Crippen molar-refractivity contribution in [1.29, 1.82) is 0 Å². The van der Waals surface area contributed by atoms with Crippen LogP contribution in [0.3, 0.4) is 0 Å². The molecule has 2 aromatic rings. The van der Waals surface area contributed by atoms with Crippen LogP contribution in [0.25, 0.3) is 0 Å². The minimum Gasteiger partial charge on any atom is -0.466 e. The van der Waals surface area contributed by atoms with Gasteiger partial charge in [-0.1, -0.05) is 0 Å². The largest absolute Gasteiger partial charge is 0.466 e. The molecule has 1 aromatic heterocycles. The molecule has 1 heterocycles. The van der Waals surface area contributed by atoms with Gasteiger partial charge in [0, 0.05) is 0 Å². The molecule has 0 unspecified atom stereocenters. The minimum absolute atomic E-state index is 0.0657. The lowest BCUT2D eigenvalue weighted by Crippen LogP contribution is -2.42. The molecule has 6 nitrogen and oxygen atoms in total. The van der Waals surface area contributed by atoms with Gasteiger partial charge in [-0.05, 0) is 32.0 Å². The molecular weight excluding hydrogens is 337 g/mol. The summed E-state index contributed by atoms with van der Waals surface area (Å²) in [6, 6.07) is 2.37. The van der Waals surface area contributed by atoms with Crippen molar-refractivity contribution in [3.8, 4) is 0 Å². The maximum absolute atomic E-state index is 13.5. The first-order valence-electron chi connectivity index (χ1n) is 6.16. The average Bonchev–Trinajstić information content (AvgIpc) is 2.81. The van der Waals surface area contributed by atoms with Crippen molar-refractivity contribution < 1.29 is 30.8 Å². The van der Waals surface area contributed by atoms with Crippen molar-refractivity contribution in [1.82, 2.24) is 10.3 Å². The lowest BCUT2D eigenvalue weighted by molar-refractivity contribution is 0.0943. The van der Waals surface area contributed by atoms with Crippen LogP contribution in [0.2, 0.25) is 0 Å². The molecule has 23 heavy (non-hydrogen) atoms. The maximum Gasteiger partial charge on any atom is 0.269 e. The zero-order chi connectivity index (χ0) is 17.4. The van der Waals surface area contributed by atoms with Crippen LogP contribution < -0.4 is 10.3 Å². The van der Waals surface area contributed by atoms with Crippen molar-refractivity contribution in [2.24, 2.45) is 0 Å². The van der Waals surface area contributed by atoms with Crippen LogP contribution in [-0.2, 0) is 10.0 Å². The number of furan rings is 1. The summed E-state index contributed by atoms with van der Waals surface area (Å²) < 4.78 is 68.3. The molecule has 0 aliphatic heterocycles. The Bertz CT molecular complexity index is 878. The van der Waals surface area contributed by atoms with Gasteiger partial charge in [-0.2, -0.15) is 0 Å². The normalized spacial score (nSPS) is 11.5. The molecule has 0 radical (unpaired) electrons. The number of hydrogen-bond acceptors (Lipinski definition) is 4. The van der Waals surface area contributed by atoms with Gasteiger partial charge >= 0.3 is 0 Å². The Balaban J connectivity index is 2.21. The Morgan fingerprint density at radius 3 is 2.35 bits per heavy atom. The van der Waals surface area contributed by atoms with E-state index in [1.807, 2.05) is 5.43 Å². The average molecular weight is 348 g/mol. The van der Waals surface area contributed by atoms with E-state index >= 15 is 0 Å². The van der Waals surface area contributed by atoms with Crippen LogP contribution in [0.1, 0.15) is 21.9 Å². The molecule has 0 aliphatic carbocycles. The fraction of sp³-hybridized carbons (Fsp3) is 0.154. The third-order valence-electron chi connectivity index (χ3n) is 2.87. The van der Waals surface area contributed by atoms with Crippen LogP contribution in [0.4, 0.5) is 13.2 Å². The molecule has 0 aliphatic rings. The Kier molecular flexibility index (Phi) is 4.48. The van der Waals surface area contributed by atoms with Gasteiger partial charge in [0.15, 0.2) is 17.5 Å². The summed E-state index contributed by atoms with van der Waals surface area (Å²) in [5.74, 6) is -5.52. The molecule has 1 amide bonds. The van der Waals surface area contributed by atoms with Crippen LogP contribution in [0, 0.1) is 31.3 Å². The van der Waals surface area contributed by atoms with Crippen molar-refractivity contribution in [3.63, 3.8) is 0 Å². The molecule has 2 rings (SSSR count). The van der Waals surface area contributed by atoms with Gasteiger partial charge in [0.1, 0.15) is 16.4 Å². The van der Waals surface area contributed by atoms with Gasteiger partial charge in [0.2, 0.25) is 0 Å². The van der Waals surface area contributed by atoms with E-state index in [-0.39, 0.29) is 11.3 Å². The second-order valence-electron chi connectivity index (χ2n) is 4.56. The van der Waals surface area contributed by atoms with E-state index in [1.54, 1.807) is 11.8 Å². The first-order valence-corrected chi connectivity index (χ1v) is 7.64. The highest BCUT2D eigenvalue weighted by molar-refractivity contribution is 7.89. The minimum atomic E-state index is -4.63. The van der Waals surface area contributed by atoms with Crippen molar-refractivity contribution in [2.75, 3.05) is 0 Å². The predicted octanol–water partition coefficient (Wildman–Crippen LogP) is 1.94. The van der Waals surface area contributed by atoms with Gasteiger partial charge in [-0.25, -0.2) is 21.6 Å². The summed E-state index contributed by atoms with van der Waals surface area (Å²) in [6.07, 6.45) is 0. The molecule has 0 bridgehead atoms. The lowest BCUT2D eigenvalue weighted by Gasteiger charge is -2.09. The summed E-state index contributed by atoms with van der Waals surface area (Å²) in [5, 5.41) is 0. The van der Waals surface area contributed by atoms with Crippen LogP contribution in [0.5, 0.6) is 0 Å². The summed E-state index contributed by atoms with van der Waals surface area (Å²) in [6.45, 7) is 3.08. The Hall–Kier alpha value is -2.33. The molecule has 124 valence electrons. The van der Waals surface area contributed by atoms with E-state index in [0.29, 0.717) is 17.9 Å². The number of hydrogen-bond donors (Lipinski definition) is 2. The molecule has 1 aromatic carbocycles. The second-order valence-corrected chi connectivity index (χ2v) is 6.21. The number of halogens is 3. The molecule has 2 N–H and O–H groups in total. The van der Waals surface area contributed by atoms with Crippen LogP contribution in [-0.4, -0.2) is 14.3 Å². The fourth-order valence-corrected chi connectivity index (χ4v) is 2.72. The smallest absolute Gasteiger partial charge is 0.269 e. The molecule has 0 saturated carbocycles. The summed E-state index contributed by atoms with van der Waals surface area (Å²) >= 11 is 0. The molecular formula is C13H11F3N2O4S. The highest BCUT2D eigenvalue weighted by atomic mass is 32.2. The molecule has 0 saturated heterocycles. The third kappa shape index (κ3) is 3.37. The second kappa shape index (κ2) is 6.05. The predicted molar refractivity (Wildman–Crippen MR) is 72.3 cm³/mol. The zero-order valence-electron chi connectivity index (χ0n) is 11.9. The Morgan fingerprint density at radius 1 is 1.13 bits per heavy atom. The van der Waals surface area contributed by atoms with Gasteiger partial charge < -0.3 is 4.42 Å². The number of sulfonamides is 1. The highest BCUT2D eigenvalue weighted by Crippen LogP contribution is 2.19. The van der Waals surface area contributed by atoms with E-state index in [0.717, 1.165) is 0 Å². The maximum atomic E-state index is 13.5. The number of amides is 1. The zero-order valence-corrected chi connectivity index (χ0v) is 12.7. The topological polar surface area (TPSA) is 88.4 Å². The number of aryl methyl sites for hydroxylation is 2. The first-order chi connectivity index (χ1) is 10.6. The van der Waals surface area contributed by atoms with E-state index in [9.17, 15) is 26.4 Å². The summed E-state index contributed by atoms with van der Waals surface area (Å²) in [4.78, 5) is 12.3. The summed E-state index contributed by atoms with van der Waals surface area (Å²) in [5.41, 5.74) is 1.90. The van der Waals surface area contributed by atoms with Gasteiger partial charge in [-0.15, -0.1) is 4.83 Å². The number of hydrazine groups is 1. The number of rotatable bonds is 4. The standard InChI is InChI=1S/C13H11F3N2O4S/c1-6-5-8(7(2)22-6)13(19)17-18-23(20,21)10-4-3-9(14)11(15)12(10)16/h3-5,18H,1-2H3,(H,17,19).